The zero-order valence-corrected chi connectivity index (χ0v) is 13.3. The molecule has 1 aliphatic rings. The smallest absolute Gasteiger partial charge is 0.253 e. The molecule has 1 fully saturated rings. The van der Waals surface area contributed by atoms with Gasteiger partial charge in [0.2, 0.25) is 0 Å². The number of carbonyl (C=O) groups is 1. The van der Waals surface area contributed by atoms with Gasteiger partial charge in [-0.1, -0.05) is 30.3 Å². The molecule has 0 bridgehead atoms. The summed E-state index contributed by atoms with van der Waals surface area (Å²) < 4.78 is 32.6. The number of ether oxygens (including phenoxy) is 1. The minimum Gasteiger partial charge on any atom is -0.372 e. The van der Waals surface area contributed by atoms with Gasteiger partial charge in [-0.3, -0.25) is 4.79 Å². The van der Waals surface area contributed by atoms with Crippen LogP contribution >= 0.6 is 0 Å². The second-order valence-corrected chi connectivity index (χ2v) is 5.91. The predicted molar refractivity (Wildman–Crippen MR) is 86.5 cm³/mol. The lowest BCUT2D eigenvalue weighted by molar-refractivity contribution is -0.00776. The second-order valence-electron chi connectivity index (χ2n) is 5.91. The summed E-state index contributed by atoms with van der Waals surface area (Å²) in [5, 5.41) is 0. The van der Waals surface area contributed by atoms with E-state index in [0.717, 1.165) is 18.9 Å². The van der Waals surface area contributed by atoms with Crippen molar-refractivity contribution in [3.05, 3.63) is 71.3 Å². The number of nitrogens with zero attached hydrogens (tertiary/aromatic N) is 1. The third kappa shape index (κ3) is 3.79. The summed E-state index contributed by atoms with van der Waals surface area (Å²) in [5.74, 6) is -1.77. The molecule has 0 aliphatic carbocycles. The number of halogens is 2. The molecule has 0 spiro atoms. The van der Waals surface area contributed by atoms with Crippen LogP contribution in [0.3, 0.4) is 0 Å². The molecular weight excluding hydrogens is 312 g/mol. The van der Waals surface area contributed by atoms with Gasteiger partial charge >= 0.3 is 0 Å². The molecule has 1 heterocycles. The maximum absolute atomic E-state index is 13.7. The van der Waals surface area contributed by atoms with Gasteiger partial charge < -0.3 is 9.64 Å². The lowest BCUT2D eigenvalue weighted by atomic mass is 10.1. The van der Waals surface area contributed by atoms with E-state index in [9.17, 15) is 13.6 Å². The number of likely N-dealkylation sites (tertiary alicyclic amines) is 1. The molecule has 3 nitrogen and oxygen atoms in total. The van der Waals surface area contributed by atoms with Crippen molar-refractivity contribution in [3.63, 3.8) is 0 Å². The van der Waals surface area contributed by atoms with Crippen molar-refractivity contribution in [1.82, 2.24) is 4.90 Å². The van der Waals surface area contributed by atoms with E-state index in [4.69, 9.17) is 4.74 Å². The third-order valence-electron chi connectivity index (χ3n) is 4.19. The molecule has 1 aliphatic heterocycles. The van der Waals surface area contributed by atoms with Gasteiger partial charge in [-0.25, -0.2) is 8.78 Å². The molecule has 1 atom stereocenters. The largest absolute Gasteiger partial charge is 0.372 e. The highest BCUT2D eigenvalue weighted by Gasteiger charge is 2.25. The molecule has 5 heteroatoms. The normalized spacial score (nSPS) is 17.8. The van der Waals surface area contributed by atoms with Gasteiger partial charge in [0, 0.05) is 24.2 Å². The van der Waals surface area contributed by atoms with Gasteiger partial charge in [-0.2, -0.15) is 0 Å². The fraction of sp³-hybridized carbons (Fsp3) is 0.316. The summed E-state index contributed by atoms with van der Waals surface area (Å²) >= 11 is 0. The van der Waals surface area contributed by atoms with Crippen molar-refractivity contribution < 1.29 is 18.3 Å². The first-order valence-electron chi connectivity index (χ1n) is 8.04. The number of piperidine rings is 1. The van der Waals surface area contributed by atoms with E-state index in [-0.39, 0.29) is 24.2 Å². The Morgan fingerprint density at radius 3 is 2.71 bits per heavy atom. The van der Waals surface area contributed by atoms with Crippen LogP contribution in [-0.2, 0) is 11.3 Å². The topological polar surface area (TPSA) is 29.5 Å². The number of benzene rings is 2. The molecule has 3 rings (SSSR count). The number of hydrogen-bond acceptors (Lipinski definition) is 2. The molecule has 1 saturated heterocycles. The Kier molecular flexibility index (Phi) is 5.20. The van der Waals surface area contributed by atoms with Crippen molar-refractivity contribution >= 4 is 5.91 Å². The average molecular weight is 331 g/mol. The highest BCUT2D eigenvalue weighted by molar-refractivity contribution is 5.94. The Bertz CT molecular complexity index is 706. The molecule has 0 N–H and O–H groups in total. The van der Waals surface area contributed by atoms with Crippen molar-refractivity contribution in [3.8, 4) is 0 Å². The van der Waals surface area contributed by atoms with E-state index >= 15 is 0 Å². The SMILES string of the molecule is O=C(c1ccccc1)N1CCCC(OCc2cccc(F)c2F)C1. The molecule has 0 aromatic heterocycles. The first-order chi connectivity index (χ1) is 11.6. The molecular formula is C19H19F2NO2. The molecule has 0 radical (unpaired) electrons. The zero-order valence-electron chi connectivity index (χ0n) is 13.3. The lowest BCUT2D eigenvalue weighted by Gasteiger charge is -2.32. The van der Waals surface area contributed by atoms with E-state index in [0.29, 0.717) is 18.7 Å². The standard InChI is InChI=1S/C19H19F2NO2/c20-17-10-4-8-15(18(17)21)13-24-16-9-5-11-22(12-16)19(23)14-6-2-1-3-7-14/h1-4,6-8,10,16H,5,9,11-13H2. The van der Waals surface area contributed by atoms with Crippen molar-refractivity contribution in [2.24, 2.45) is 0 Å². The van der Waals surface area contributed by atoms with Gasteiger partial charge in [0.1, 0.15) is 0 Å². The summed E-state index contributed by atoms with van der Waals surface area (Å²) in [4.78, 5) is 14.2. The molecule has 1 amide bonds. The third-order valence-corrected chi connectivity index (χ3v) is 4.19. The average Bonchev–Trinajstić information content (AvgIpc) is 2.63. The molecule has 2 aromatic carbocycles. The van der Waals surface area contributed by atoms with E-state index in [1.807, 2.05) is 18.2 Å². The van der Waals surface area contributed by atoms with E-state index in [1.165, 1.54) is 12.1 Å². The predicted octanol–water partition coefficient (Wildman–Crippen LogP) is 3.79. The quantitative estimate of drug-likeness (QED) is 0.853. The van der Waals surface area contributed by atoms with E-state index < -0.39 is 11.6 Å². The minimum atomic E-state index is -0.874. The minimum absolute atomic E-state index is 0.00161. The van der Waals surface area contributed by atoms with E-state index in [2.05, 4.69) is 0 Å². The fourth-order valence-corrected chi connectivity index (χ4v) is 2.89. The summed E-state index contributed by atoms with van der Waals surface area (Å²) in [6, 6.07) is 13.2. The number of amides is 1. The van der Waals surface area contributed by atoms with Crippen LogP contribution in [0.4, 0.5) is 8.78 Å². The first kappa shape index (κ1) is 16.6. The Balaban J connectivity index is 1.60. The fourth-order valence-electron chi connectivity index (χ4n) is 2.89. The van der Waals surface area contributed by atoms with Crippen LogP contribution in [0, 0.1) is 11.6 Å². The van der Waals surface area contributed by atoms with Crippen molar-refractivity contribution in [1.29, 1.82) is 0 Å². The molecule has 1 unspecified atom stereocenters. The van der Waals surface area contributed by atoms with Gasteiger partial charge in [-0.05, 0) is 31.0 Å². The van der Waals surface area contributed by atoms with Gasteiger partial charge in [0.05, 0.1) is 12.7 Å². The summed E-state index contributed by atoms with van der Waals surface area (Å²) in [5.41, 5.74) is 0.843. The summed E-state index contributed by atoms with van der Waals surface area (Å²) in [7, 11) is 0. The Morgan fingerprint density at radius 2 is 1.92 bits per heavy atom. The van der Waals surface area contributed by atoms with Gasteiger partial charge in [0.15, 0.2) is 11.6 Å². The molecule has 126 valence electrons. The van der Waals surface area contributed by atoms with Crippen LogP contribution in [-0.4, -0.2) is 30.0 Å². The number of carbonyl (C=O) groups excluding carboxylic acids is 1. The highest BCUT2D eigenvalue weighted by Crippen LogP contribution is 2.19. The summed E-state index contributed by atoms with van der Waals surface area (Å²) in [6.07, 6.45) is 1.46. The Labute approximate surface area is 139 Å². The molecule has 2 aromatic rings. The Hall–Kier alpha value is -2.27. The van der Waals surface area contributed by atoms with Crippen LogP contribution in [0.1, 0.15) is 28.8 Å². The zero-order chi connectivity index (χ0) is 16.9. The number of hydrogen-bond donors (Lipinski definition) is 0. The van der Waals surface area contributed by atoms with Crippen LogP contribution in [0.15, 0.2) is 48.5 Å². The number of rotatable bonds is 4. The molecule has 24 heavy (non-hydrogen) atoms. The van der Waals surface area contributed by atoms with Crippen LogP contribution in [0.25, 0.3) is 0 Å². The van der Waals surface area contributed by atoms with E-state index in [1.54, 1.807) is 17.0 Å². The van der Waals surface area contributed by atoms with Gasteiger partial charge in [0.25, 0.3) is 5.91 Å². The van der Waals surface area contributed by atoms with Crippen LogP contribution < -0.4 is 0 Å². The van der Waals surface area contributed by atoms with Crippen molar-refractivity contribution in [2.45, 2.75) is 25.6 Å². The first-order valence-corrected chi connectivity index (χ1v) is 8.04. The maximum atomic E-state index is 13.7. The monoisotopic (exact) mass is 331 g/mol. The molecule has 0 saturated carbocycles. The maximum Gasteiger partial charge on any atom is 0.253 e. The highest BCUT2D eigenvalue weighted by atomic mass is 19.2. The Morgan fingerprint density at radius 1 is 1.12 bits per heavy atom. The van der Waals surface area contributed by atoms with Crippen molar-refractivity contribution in [2.75, 3.05) is 13.1 Å². The van der Waals surface area contributed by atoms with Crippen LogP contribution in [0.5, 0.6) is 0 Å². The summed E-state index contributed by atoms with van der Waals surface area (Å²) in [6.45, 7) is 1.15. The lowest BCUT2D eigenvalue weighted by Crippen LogP contribution is -2.43. The van der Waals surface area contributed by atoms with Gasteiger partial charge in [-0.15, -0.1) is 0 Å². The van der Waals surface area contributed by atoms with Crippen LogP contribution in [0.2, 0.25) is 0 Å². The second kappa shape index (κ2) is 7.53.